The standard InChI is InChI=1S/C11H18N2O2/c1-4-5-6-9(7-12)13-10(8(2)3)11(14)15/h4-8,10,13H,1,12H2,2-3H3,(H,14,15)/b6-5-,9-7+/t10-/m1/s1. The fraction of sp³-hybridized carbons (Fsp3) is 0.364. The van der Waals surface area contributed by atoms with Gasteiger partial charge in [-0.05, 0) is 12.0 Å². The van der Waals surface area contributed by atoms with E-state index >= 15 is 0 Å². The van der Waals surface area contributed by atoms with Gasteiger partial charge in [0.05, 0.1) is 5.70 Å². The lowest BCUT2D eigenvalue weighted by atomic mass is 10.0. The van der Waals surface area contributed by atoms with Crippen LogP contribution in [0.25, 0.3) is 0 Å². The molecule has 0 heterocycles. The largest absolute Gasteiger partial charge is 0.480 e. The maximum Gasteiger partial charge on any atom is 0.326 e. The van der Waals surface area contributed by atoms with E-state index in [1.165, 1.54) is 6.20 Å². The molecule has 0 bridgehead atoms. The molecule has 4 nitrogen and oxygen atoms in total. The maximum absolute atomic E-state index is 10.9. The number of rotatable bonds is 6. The van der Waals surface area contributed by atoms with Crippen LogP contribution in [0.15, 0.2) is 36.7 Å². The molecule has 0 aromatic heterocycles. The van der Waals surface area contributed by atoms with Crippen LogP contribution in [0, 0.1) is 5.92 Å². The molecule has 4 heteroatoms. The van der Waals surface area contributed by atoms with Crippen LogP contribution in [-0.2, 0) is 4.79 Å². The molecule has 84 valence electrons. The van der Waals surface area contributed by atoms with Crippen LogP contribution in [0.2, 0.25) is 0 Å². The summed E-state index contributed by atoms with van der Waals surface area (Å²) in [5.74, 6) is -0.911. The Morgan fingerprint density at radius 2 is 2.13 bits per heavy atom. The van der Waals surface area contributed by atoms with Gasteiger partial charge in [0.2, 0.25) is 0 Å². The molecule has 0 spiro atoms. The SMILES string of the molecule is C=C/C=C\C(=C/N)N[C@@H](C(=O)O)C(C)C. The highest BCUT2D eigenvalue weighted by molar-refractivity contribution is 5.74. The van der Waals surface area contributed by atoms with Crippen LogP contribution in [0.3, 0.4) is 0 Å². The molecule has 15 heavy (non-hydrogen) atoms. The van der Waals surface area contributed by atoms with E-state index in [4.69, 9.17) is 10.8 Å². The van der Waals surface area contributed by atoms with Gasteiger partial charge in [0.15, 0.2) is 0 Å². The molecule has 0 fully saturated rings. The lowest BCUT2D eigenvalue weighted by Crippen LogP contribution is -2.40. The van der Waals surface area contributed by atoms with Crippen LogP contribution in [0.5, 0.6) is 0 Å². The van der Waals surface area contributed by atoms with Gasteiger partial charge >= 0.3 is 5.97 Å². The van der Waals surface area contributed by atoms with Gasteiger partial charge in [-0.1, -0.05) is 32.6 Å². The minimum atomic E-state index is -0.892. The maximum atomic E-state index is 10.9. The lowest BCUT2D eigenvalue weighted by Gasteiger charge is -2.19. The first-order chi connectivity index (χ1) is 7.02. The Kier molecular flexibility index (Phi) is 5.94. The molecular weight excluding hydrogens is 192 g/mol. The number of allylic oxidation sites excluding steroid dienone is 3. The van der Waals surface area contributed by atoms with Crippen LogP contribution in [0.4, 0.5) is 0 Å². The molecule has 0 saturated carbocycles. The van der Waals surface area contributed by atoms with Crippen molar-refractivity contribution >= 4 is 5.97 Å². The van der Waals surface area contributed by atoms with E-state index in [2.05, 4.69) is 11.9 Å². The minimum absolute atomic E-state index is 0.0189. The van der Waals surface area contributed by atoms with Crippen molar-refractivity contribution in [2.24, 2.45) is 11.7 Å². The summed E-state index contributed by atoms with van der Waals surface area (Å²) in [6.07, 6.45) is 6.28. The number of aliphatic carboxylic acids is 1. The summed E-state index contributed by atoms with van der Waals surface area (Å²) in [6.45, 7) is 7.18. The summed E-state index contributed by atoms with van der Waals surface area (Å²) in [5.41, 5.74) is 5.92. The summed E-state index contributed by atoms with van der Waals surface area (Å²) < 4.78 is 0. The van der Waals surface area contributed by atoms with Crippen LogP contribution < -0.4 is 11.1 Å². The molecule has 0 aliphatic carbocycles. The fourth-order valence-electron chi connectivity index (χ4n) is 1.02. The summed E-state index contributed by atoms with van der Waals surface area (Å²) in [6, 6.07) is -0.644. The van der Waals surface area contributed by atoms with Crippen LogP contribution in [0.1, 0.15) is 13.8 Å². The van der Waals surface area contributed by atoms with Gasteiger partial charge in [-0.15, -0.1) is 0 Å². The Balaban J connectivity index is 4.57. The second-order valence-electron chi connectivity index (χ2n) is 3.42. The molecule has 0 amide bonds. The zero-order chi connectivity index (χ0) is 11.8. The second-order valence-corrected chi connectivity index (χ2v) is 3.42. The Hall–Kier alpha value is -1.71. The van der Waals surface area contributed by atoms with E-state index < -0.39 is 12.0 Å². The molecule has 1 atom stereocenters. The molecule has 0 aromatic carbocycles. The molecule has 0 saturated heterocycles. The van der Waals surface area contributed by atoms with Crippen molar-refractivity contribution in [2.45, 2.75) is 19.9 Å². The average molecular weight is 210 g/mol. The number of nitrogens with one attached hydrogen (secondary N) is 1. The Labute approximate surface area is 90.2 Å². The first-order valence-corrected chi connectivity index (χ1v) is 4.73. The molecule has 0 aliphatic heterocycles. The highest BCUT2D eigenvalue weighted by atomic mass is 16.4. The monoisotopic (exact) mass is 210 g/mol. The Morgan fingerprint density at radius 3 is 2.47 bits per heavy atom. The zero-order valence-electron chi connectivity index (χ0n) is 9.10. The highest BCUT2D eigenvalue weighted by Gasteiger charge is 2.20. The summed E-state index contributed by atoms with van der Waals surface area (Å²) in [7, 11) is 0. The quantitative estimate of drug-likeness (QED) is 0.576. The van der Waals surface area contributed by atoms with Gasteiger partial charge < -0.3 is 16.2 Å². The van der Waals surface area contributed by atoms with Gasteiger partial charge in [0.25, 0.3) is 0 Å². The normalized spacial score (nSPS) is 14.2. The number of hydrogen-bond acceptors (Lipinski definition) is 3. The minimum Gasteiger partial charge on any atom is -0.480 e. The summed E-state index contributed by atoms with van der Waals surface area (Å²) in [5, 5.41) is 11.8. The topological polar surface area (TPSA) is 75.3 Å². The third-order valence-electron chi connectivity index (χ3n) is 1.85. The average Bonchev–Trinajstić information content (AvgIpc) is 2.17. The van der Waals surface area contributed by atoms with Crippen molar-refractivity contribution in [3.63, 3.8) is 0 Å². The Morgan fingerprint density at radius 1 is 1.53 bits per heavy atom. The van der Waals surface area contributed by atoms with E-state index in [1.54, 1.807) is 18.2 Å². The Bertz CT molecular complexity index is 280. The second kappa shape index (κ2) is 6.70. The van der Waals surface area contributed by atoms with E-state index in [1.807, 2.05) is 13.8 Å². The van der Waals surface area contributed by atoms with Crippen molar-refractivity contribution < 1.29 is 9.90 Å². The third-order valence-corrected chi connectivity index (χ3v) is 1.85. The van der Waals surface area contributed by atoms with E-state index in [0.717, 1.165) is 0 Å². The molecule has 0 rings (SSSR count). The number of carboxylic acids is 1. The van der Waals surface area contributed by atoms with Crippen molar-refractivity contribution in [3.8, 4) is 0 Å². The number of hydrogen-bond donors (Lipinski definition) is 3. The lowest BCUT2D eigenvalue weighted by molar-refractivity contribution is -0.140. The van der Waals surface area contributed by atoms with Gasteiger partial charge in [-0.2, -0.15) is 0 Å². The molecule has 4 N–H and O–H groups in total. The first-order valence-electron chi connectivity index (χ1n) is 4.73. The molecule has 0 unspecified atom stereocenters. The van der Waals surface area contributed by atoms with Crippen molar-refractivity contribution in [3.05, 3.63) is 36.7 Å². The van der Waals surface area contributed by atoms with Gasteiger partial charge in [0, 0.05) is 6.20 Å². The number of carbonyl (C=O) groups is 1. The number of carboxylic acid groups (broad SMARTS) is 1. The van der Waals surface area contributed by atoms with Crippen molar-refractivity contribution in [1.82, 2.24) is 5.32 Å². The van der Waals surface area contributed by atoms with Gasteiger partial charge in [-0.3, -0.25) is 0 Å². The van der Waals surface area contributed by atoms with E-state index in [9.17, 15) is 4.79 Å². The summed E-state index contributed by atoms with van der Waals surface area (Å²) in [4.78, 5) is 10.9. The molecule has 0 aliphatic rings. The summed E-state index contributed by atoms with van der Waals surface area (Å²) >= 11 is 0. The zero-order valence-corrected chi connectivity index (χ0v) is 9.10. The van der Waals surface area contributed by atoms with E-state index in [0.29, 0.717) is 5.70 Å². The molecular formula is C11H18N2O2. The van der Waals surface area contributed by atoms with Crippen LogP contribution in [-0.4, -0.2) is 17.1 Å². The third kappa shape index (κ3) is 4.90. The smallest absolute Gasteiger partial charge is 0.326 e. The van der Waals surface area contributed by atoms with Gasteiger partial charge in [0.1, 0.15) is 6.04 Å². The van der Waals surface area contributed by atoms with Gasteiger partial charge in [-0.25, -0.2) is 4.79 Å². The number of nitrogens with two attached hydrogens (primary N) is 1. The molecule has 0 aromatic rings. The fourth-order valence-corrected chi connectivity index (χ4v) is 1.02. The highest BCUT2D eigenvalue weighted by Crippen LogP contribution is 2.04. The first kappa shape index (κ1) is 13.3. The predicted octanol–water partition coefficient (Wildman–Crippen LogP) is 1.23. The van der Waals surface area contributed by atoms with Crippen molar-refractivity contribution in [1.29, 1.82) is 0 Å². The van der Waals surface area contributed by atoms with E-state index in [-0.39, 0.29) is 5.92 Å². The predicted molar refractivity (Wildman–Crippen MR) is 61.0 cm³/mol. The van der Waals surface area contributed by atoms with Crippen molar-refractivity contribution in [2.75, 3.05) is 0 Å². The van der Waals surface area contributed by atoms with Crippen LogP contribution >= 0.6 is 0 Å². The molecule has 0 radical (unpaired) electrons.